The summed E-state index contributed by atoms with van der Waals surface area (Å²) in [7, 11) is 0. The number of rotatable bonds is 2. The molecule has 2 aliphatic heterocycles. The van der Waals surface area contributed by atoms with Crippen molar-refractivity contribution in [3.63, 3.8) is 0 Å². The van der Waals surface area contributed by atoms with Gasteiger partial charge in [-0.1, -0.05) is 0 Å². The van der Waals surface area contributed by atoms with E-state index in [-0.39, 0.29) is 5.91 Å². The predicted molar refractivity (Wildman–Crippen MR) is 76.0 cm³/mol. The highest BCUT2D eigenvalue weighted by atomic mass is 16.6. The Bertz CT molecular complexity index is 818. The fraction of sp³-hybridized carbons (Fsp3) is 0.385. The summed E-state index contributed by atoms with van der Waals surface area (Å²) in [6, 6.07) is 0. The number of nitrogens with zero attached hydrogens (tertiary/aromatic N) is 4. The van der Waals surface area contributed by atoms with Crippen molar-refractivity contribution in [2.75, 3.05) is 11.9 Å². The van der Waals surface area contributed by atoms with E-state index in [0.29, 0.717) is 22.5 Å². The van der Waals surface area contributed by atoms with Gasteiger partial charge in [0.2, 0.25) is 5.91 Å². The van der Waals surface area contributed by atoms with Crippen molar-refractivity contribution in [3.8, 4) is 0 Å². The molecule has 1 fully saturated rings. The van der Waals surface area contributed by atoms with Gasteiger partial charge in [0.15, 0.2) is 11.9 Å². The molecule has 0 bridgehead atoms. The van der Waals surface area contributed by atoms with Crippen LogP contribution in [0.25, 0.3) is 17.1 Å². The van der Waals surface area contributed by atoms with Crippen LogP contribution in [-0.4, -0.2) is 65.9 Å². The molecule has 1 saturated heterocycles. The zero-order valence-electron chi connectivity index (χ0n) is 11.7. The molecule has 4 N–H and O–H groups in total. The van der Waals surface area contributed by atoms with E-state index in [1.54, 1.807) is 0 Å². The number of hydrogen-bond donors (Lipinski definition) is 4. The van der Waals surface area contributed by atoms with Crippen molar-refractivity contribution in [3.05, 3.63) is 18.1 Å². The Hall–Kier alpha value is -2.40. The van der Waals surface area contributed by atoms with Gasteiger partial charge in [-0.15, -0.1) is 0 Å². The minimum Gasteiger partial charge on any atom is -0.394 e. The second kappa shape index (κ2) is 5.06. The van der Waals surface area contributed by atoms with E-state index >= 15 is 0 Å². The lowest BCUT2D eigenvalue weighted by molar-refractivity contribution is -0.111. The van der Waals surface area contributed by atoms with Gasteiger partial charge in [0.05, 0.1) is 17.7 Å². The molecular weight excluding hydrogens is 306 g/mol. The molecule has 4 atom stereocenters. The summed E-state index contributed by atoms with van der Waals surface area (Å²) < 4.78 is 6.80. The third-order valence-electron chi connectivity index (χ3n) is 3.91. The van der Waals surface area contributed by atoms with Gasteiger partial charge in [0.25, 0.3) is 0 Å². The average molecular weight is 319 g/mol. The number of carbonyl (C=O) groups excluding carboxylic acids is 1. The first-order valence-electron chi connectivity index (χ1n) is 6.95. The van der Waals surface area contributed by atoms with Crippen LogP contribution in [0.4, 0.5) is 5.82 Å². The van der Waals surface area contributed by atoms with Crippen LogP contribution in [0, 0.1) is 0 Å². The van der Waals surface area contributed by atoms with Crippen LogP contribution in [0.3, 0.4) is 0 Å². The summed E-state index contributed by atoms with van der Waals surface area (Å²) in [5.74, 6) is -0.0274. The first-order valence-corrected chi connectivity index (χ1v) is 6.95. The Labute approximate surface area is 129 Å². The van der Waals surface area contributed by atoms with Crippen molar-refractivity contribution in [2.24, 2.45) is 0 Å². The Morgan fingerprint density at radius 1 is 1.26 bits per heavy atom. The van der Waals surface area contributed by atoms with Crippen LogP contribution < -0.4 is 5.32 Å². The monoisotopic (exact) mass is 319 g/mol. The van der Waals surface area contributed by atoms with Crippen LogP contribution in [0.1, 0.15) is 11.9 Å². The molecular formula is C13H13N5O5. The topological polar surface area (TPSA) is 143 Å². The maximum Gasteiger partial charge on any atom is 0.249 e. The molecule has 1 amide bonds. The summed E-state index contributed by atoms with van der Waals surface area (Å²) in [5, 5.41) is 36.7. The Morgan fingerprint density at radius 3 is 2.83 bits per heavy atom. The van der Waals surface area contributed by atoms with Crippen LogP contribution in [-0.2, 0) is 9.53 Å². The van der Waals surface area contributed by atoms with Gasteiger partial charge in [-0.05, 0) is 6.08 Å². The molecule has 0 unspecified atom stereocenters. The van der Waals surface area contributed by atoms with Gasteiger partial charge in [0.1, 0.15) is 30.5 Å². The Kier molecular flexibility index (Phi) is 3.13. The quantitative estimate of drug-likeness (QED) is 0.518. The molecule has 120 valence electrons. The predicted octanol–water partition coefficient (Wildman–Crippen LogP) is -1.60. The third kappa shape index (κ3) is 2.04. The molecule has 0 spiro atoms. The molecule has 0 saturated carbocycles. The van der Waals surface area contributed by atoms with Gasteiger partial charge in [0, 0.05) is 6.08 Å². The summed E-state index contributed by atoms with van der Waals surface area (Å²) in [4.78, 5) is 19.7. The van der Waals surface area contributed by atoms with E-state index in [0.717, 1.165) is 0 Å². The smallest absolute Gasteiger partial charge is 0.249 e. The summed E-state index contributed by atoms with van der Waals surface area (Å²) in [6.07, 6.45) is -0.362. The Morgan fingerprint density at radius 2 is 2.09 bits per heavy atom. The molecule has 23 heavy (non-hydrogen) atoms. The summed E-state index contributed by atoms with van der Waals surface area (Å²) >= 11 is 0. The highest BCUT2D eigenvalue weighted by Gasteiger charge is 2.44. The van der Waals surface area contributed by atoms with Gasteiger partial charge in [-0.2, -0.15) is 5.10 Å². The Balaban J connectivity index is 1.87. The van der Waals surface area contributed by atoms with Crippen molar-refractivity contribution in [2.45, 2.75) is 24.5 Å². The average Bonchev–Trinajstić information content (AvgIpc) is 2.99. The van der Waals surface area contributed by atoms with Crippen molar-refractivity contribution < 1.29 is 24.9 Å². The van der Waals surface area contributed by atoms with E-state index in [1.807, 2.05) is 0 Å². The molecule has 10 nitrogen and oxygen atoms in total. The van der Waals surface area contributed by atoms with Gasteiger partial charge in [-0.25, -0.2) is 14.6 Å². The maximum absolute atomic E-state index is 11.6. The van der Waals surface area contributed by atoms with E-state index in [2.05, 4.69) is 20.4 Å². The van der Waals surface area contributed by atoms with Gasteiger partial charge < -0.3 is 25.4 Å². The lowest BCUT2D eigenvalue weighted by Gasteiger charge is -2.15. The molecule has 2 aromatic heterocycles. The van der Waals surface area contributed by atoms with Gasteiger partial charge >= 0.3 is 0 Å². The van der Waals surface area contributed by atoms with E-state index in [9.17, 15) is 20.1 Å². The fourth-order valence-electron chi connectivity index (χ4n) is 2.78. The summed E-state index contributed by atoms with van der Waals surface area (Å²) in [6.45, 7) is -0.434. The van der Waals surface area contributed by atoms with Crippen LogP contribution in [0.5, 0.6) is 0 Å². The highest BCUT2D eigenvalue weighted by molar-refractivity contribution is 6.10. The van der Waals surface area contributed by atoms with E-state index in [4.69, 9.17) is 4.74 Å². The first kappa shape index (κ1) is 14.2. The number of amides is 1. The van der Waals surface area contributed by atoms with Crippen LogP contribution >= 0.6 is 0 Å². The van der Waals surface area contributed by atoms with Crippen LogP contribution in [0.15, 0.2) is 12.4 Å². The van der Waals surface area contributed by atoms with E-state index < -0.39 is 31.1 Å². The SMILES string of the molecule is O=C1C=Cc2nn([C@@H]3O[C@H](CO)[C@@H](O)[C@H]3O)c3ncnc(c23)N1. The van der Waals surface area contributed by atoms with Gasteiger partial charge in [-0.3, -0.25) is 4.79 Å². The normalized spacial score (nSPS) is 29.8. The number of hydrogen-bond acceptors (Lipinski definition) is 8. The van der Waals surface area contributed by atoms with Crippen molar-refractivity contribution >= 4 is 28.8 Å². The zero-order valence-corrected chi connectivity index (χ0v) is 11.7. The van der Waals surface area contributed by atoms with Crippen molar-refractivity contribution in [1.82, 2.24) is 19.7 Å². The fourth-order valence-corrected chi connectivity index (χ4v) is 2.78. The number of carbonyl (C=O) groups is 1. The lowest BCUT2D eigenvalue weighted by atomic mass is 10.1. The lowest BCUT2D eigenvalue weighted by Crippen LogP contribution is -2.33. The summed E-state index contributed by atoms with van der Waals surface area (Å²) in [5.41, 5.74) is 0.776. The molecule has 2 aliphatic rings. The van der Waals surface area contributed by atoms with Crippen molar-refractivity contribution in [1.29, 1.82) is 0 Å². The molecule has 10 heteroatoms. The molecule has 0 aliphatic carbocycles. The zero-order chi connectivity index (χ0) is 16.1. The first-order chi connectivity index (χ1) is 11.1. The number of ether oxygens (including phenoxy) is 1. The number of aromatic nitrogens is 4. The minimum atomic E-state index is -1.27. The largest absolute Gasteiger partial charge is 0.394 e. The van der Waals surface area contributed by atoms with E-state index in [1.165, 1.54) is 23.2 Å². The molecule has 4 heterocycles. The maximum atomic E-state index is 11.6. The van der Waals surface area contributed by atoms with Crippen LogP contribution in [0.2, 0.25) is 0 Å². The molecule has 4 rings (SSSR count). The highest BCUT2D eigenvalue weighted by Crippen LogP contribution is 2.34. The second-order valence-corrected chi connectivity index (χ2v) is 5.30. The molecule has 2 aromatic rings. The number of nitrogens with one attached hydrogen (secondary N) is 1. The molecule has 0 radical (unpaired) electrons. The number of anilines is 1. The third-order valence-corrected chi connectivity index (χ3v) is 3.91. The number of aliphatic hydroxyl groups excluding tert-OH is 3. The standard InChI is InChI=1S/C13H13N5O5/c19-3-6-9(21)10(22)13(23-6)18-12-8-5(17-18)1-2-7(20)16-11(8)14-4-15-12/h1-2,4,6,9-10,13,19,21-22H,3H2,(H,14,15,16,20)/t6-,9-,10-,13-/m1/s1. The second-order valence-electron chi connectivity index (χ2n) is 5.30. The molecule has 0 aromatic carbocycles. The number of aliphatic hydroxyl groups is 3. The minimum absolute atomic E-state index is 0.304.